The number of sulfone groups is 1. The molecule has 2 fully saturated rings. The van der Waals surface area contributed by atoms with Gasteiger partial charge in [0.1, 0.15) is 9.84 Å². The molecule has 0 aromatic rings. The van der Waals surface area contributed by atoms with Gasteiger partial charge in [0.05, 0.1) is 11.5 Å². The van der Waals surface area contributed by atoms with E-state index in [1.807, 2.05) is 0 Å². The lowest BCUT2D eigenvalue weighted by Gasteiger charge is -2.36. The molecule has 0 aromatic heterocycles. The number of hydrogen-bond donors (Lipinski definition) is 1. The number of hydrogen-bond acceptors (Lipinski definition) is 4. The summed E-state index contributed by atoms with van der Waals surface area (Å²) in [4.78, 5) is 2.51. The second kappa shape index (κ2) is 6.55. The Labute approximate surface area is 117 Å². The van der Waals surface area contributed by atoms with Crippen molar-refractivity contribution in [1.29, 1.82) is 0 Å². The highest BCUT2D eigenvalue weighted by atomic mass is 32.2. The molecule has 0 bridgehead atoms. The van der Waals surface area contributed by atoms with Crippen LogP contribution in [-0.4, -0.2) is 56.5 Å². The summed E-state index contributed by atoms with van der Waals surface area (Å²) < 4.78 is 22.8. The first kappa shape index (κ1) is 15.3. The van der Waals surface area contributed by atoms with Crippen molar-refractivity contribution in [2.75, 3.05) is 31.1 Å². The smallest absolute Gasteiger partial charge is 0.150 e. The fourth-order valence-electron chi connectivity index (χ4n) is 3.33. The fourth-order valence-corrected chi connectivity index (χ4v) is 4.83. The summed E-state index contributed by atoms with van der Waals surface area (Å²) in [5, 5.41) is 3.68. The zero-order valence-electron chi connectivity index (χ0n) is 12.3. The third kappa shape index (κ3) is 4.43. The first-order chi connectivity index (χ1) is 9.00. The summed E-state index contributed by atoms with van der Waals surface area (Å²) in [6.07, 6.45) is 4.13. The second-order valence-electron chi connectivity index (χ2n) is 6.15. The first-order valence-corrected chi connectivity index (χ1v) is 9.51. The van der Waals surface area contributed by atoms with Crippen LogP contribution in [-0.2, 0) is 9.84 Å². The normalized spacial score (nSPS) is 28.3. The van der Waals surface area contributed by atoms with Gasteiger partial charge in [-0.1, -0.05) is 6.92 Å². The van der Waals surface area contributed by atoms with Gasteiger partial charge in [-0.3, -0.25) is 0 Å². The minimum atomic E-state index is -2.73. The van der Waals surface area contributed by atoms with Gasteiger partial charge in [-0.15, -0.1) is 0 Å². The molecule has 112 valence electrons. The summed E-state index contributed by atoms with van der Waals surface area (Å²) in [5.41, 5.74) is 0. The average Bonchev–Trinajstić information content (AvgIpc) is 2.41. The van der Waals surface area contributed by atoms with Crippen LogP contribution >= 0.6 is 0 Å². The Balaban J connectivity index is 1.74. The number of rotatable bonds is 4. The van der Waals surface area contributed by atoms with Crippen molar-refractivity contribution < 1.29 is 8.42 Å². The summed E-state index contributed by atoms with van der Waals surface area (Å²) in [5.74, 6) is 1.48. The van der Waals surface area contributed by atoms with Crippen molar-refractivity contribution in [2.24, 2.45) is 5.92 Å². The maximum absolute atomic E-state index is 11.4. The standard InChI is InChI=1S/C14H28N2O2S/c1-3-16-8-4-13(5-9-16)12(2)15-14-6-10-19(17,18)11-7-14/h12-15H,3-11H2,1-2H3. The van der Waals surface area contributed by atoms with Crippen LogP contribution in [0.1, 0.15) is 39.5 Å². The minimum Gasteiger partial charge on any atom is -0.311 e. The van der Waals surface area contributed by atoms with Gasteiger partial charge in [-0.25, -0.2) is 8.42 Å². The Bertz CT molecular complexity index is 361. The summed E-state index contributed by atoms with van der Waals surface area (Å²) in [6, 6.07) is 0.924. The topological polar surface area (TPSA) is 49.4 Å². The molecule has 1 N–H and O–H groups in total. The molecule has 19 heavy (non-hydrogen) atoms. The van der Waals surface area contributed by atoms with E-state index < -0.39 is 9.84 Å². The second-order valence-corrected chi connectivity index (χ2v) is 8.46. The van der Waals surface area contributed by atoms with Gasteiger partial charge in [0.2, 0.25) is 0 Å². The SMILES string of the molecule is CCN1CCC(C(C)NC2CCS(=O)(=O)CC2)CC1. The van der Waals surface area contributed by atoms with E-state index in [2.05, 4.69) is 24.1 Å². The van der Waals surface area contributed by atoms with Crippen LogP contribution in [0.25, 0.3) is 0 Å². The van der Waals surface area contributed by atoms with Crippen molar-refractivity contribution in [3.05, 3.63) is 0 Å². The third-order valence-electron chi connectivity index (χ3n) is 4.84. The van der Waals surface area contributed by atoms with Crippen LogP contribution in [0.5, 0.6) is 0 Å². The first-order valence-electron chi connectivity index (χ1n) is 7.69. The van der Waals surface area contributed by atoms with Gasteiger partial charge in [0.25, 0.3) is 0 Å². The van der Waals surface area contributed by atoms with E-state index in [9.17, 15) is 8.42 Å². The molecule has 0 spiro atoms. The molecule has 1 atom stereocenters. The Morgan fingerprint density at radius 1 is 1.16 bits per heavy atom. The summed E-state index contributed by atoms with van der Waals surface area (Å²) in [7, 11) is -2.73. The molecular formula is C14H28N2O2S. The van der Waals surface area contributed by atoms with E-state index >= 15 is 0 Å². The molecule has 2 aliphatic rings. The van der Waals surface area contributed by atoms with Crippen molar-refractivity contribution >= 4 is 9.84 Å². The van der Waals surface area contributed by atoms with Gasteiger partial charge in [-0.05, 0) is 58.2 Å². The number of likely N-dealkylation sites (tertiary alicyclic amines) is 1. The van der Waals surface area contributed by atoms with E-state index in [1.165, 1.54) is 25.9 Å². The van der Waals surface area contributed by atoms with E-state index in [-0.39, 0.29) is 0 Å². The highest BCUT2D eigenvalue weighted by molar-refractivity contribution is 7.91. The fraction of sp³-hybridized carbons (Fsp3) is 1.00. The molecule has 0 radical (unpaired) electrons. The predicted molar refractivity (Wildman–Crippen MR) is 79.1 cm³/mol. The molecule has 0 saturated carbocycles. The lowest BCUT2D eigenvalue weighted by Crippen LogP contribution is -2.47. The van der Waals surface area contributed by atoms with E-state index in [0.717, 1.165) is 25.3 Å². The Kier molecular flexibility index (Phi) is 5.26. The molecule has 1 unspecified atom stereocenters. The molecular weight excluding hydrogens is 260 g/mol. The monoisotopic (exact) mass is 288 g/mol. The Hall–Kier alpha value is -0.130. The highest BCUT2D eigenvalue weighted by Crippen LogP contribution is 2.22. The van der Waals surface area contributed by atoms with Gasteiger partial charge < -0.3 is 10.2 Å². The predicted octanol–water partition coefficient (Wildman–Crippen LogP) is 1.27. The molecule has 2 aliphatic heterocycles. The van der Waals surface area contributed by atoms with E-state index in [4.69, 9.17) is 0 Å². The van der Waals surface area contributed by atoms with Crippen molar-refractivity contribution in [3.63, 3.8) is 0 Å². The van der Waals surface area contributed by atoms with Crippen LogP contribution in [0, 0.1) is 5.92 Å². The molecule has 4 nitrogen and oxygen atoms in total. The zero-order chi connectivity index (χ0) is 13.9. The highest BCUT2D eigenvalue weighted by Gasteiger charge is 2.28. The molecule has 0 amide bonds. The zero-order valence-corrected chi connectivity index (χ0v) is 13.1. The summed E-state index contributed by atoms with van der Waals surface area (Å²) in [6.45, 7) is 8.09. The Morgan fingerprint density at radius 3 is 2.26 bits per heavy atom. The maximum atomic E-state index is 11.4. The molecule has 5 heteroatoms. The van der Waals surface area contributed by atoms with Gasteiger partial charge in [0, 0.05) is 12.1 Å². The van der Waals surface area contributed by atoms with E-state index in [0.29, 0.717) is 23.6 Å². The van der Waals surface area contributed by atoms with Crippen LogP contribution in [0.4, 0.5) is 0 Å². The number of nitrogens with zero attached hydrogens (tertiary/aromatic N) is 1. The van der Waals surface area contributed by atoms with Gasteiger partial charge in [-0.2, -0.15) is 0 Å². The lowest BCUT2D eigenvalue weighted by molar-refractivity contribution is 0.163. The lowest BCUT2D eigenvalue weighted by atomic mass is 9.89. The van der Waals surface area contributed by atoms with Gasteiger partial charge >= 0.3 is 0 Å². The minimum absolute atomic E-state index is 0.367. The average molecular weight is 288 g/mol. The van der Waals surface area contributed by atoms with Crippen LogP contribution in [0.3, 0.4) is 0 Å². The van der Waals surface area contributed by atoms with Crippen LogP contribution in [0.2, 0.25) is 0 Å². The van der Waals surface area contributed by atoms with Crippen molar-refractivity contribution in [1.82, 2.24) is 10.2 Å². The van der Waals surface area contributed by atoms with Gasteiger partial charge in [0.15, 0.2) is 0 Å². The number of piperidine rings is 1. The third-order valence-corrected chi connectivity index (χ3v) is 6.56. The Morgan fingerprint density at radius 2 is 1.74 bits per heavy atom. The van der Waals surface area contributed by atoms with Crippen molar-refractivity contribution in [2.45, 2.75) is 51.6 Å². The molecule has 2 saturated heterocycles. The largest absolute Gasteiger partial charge is 0.311 e. The molecule has 0 aliphatic carbocycles. The molecule has 0 aromatic carbocycles. The van der Waals surface area contributed by atoms with Crippen LogP contribution < -0.4 is 5.32 Å². The molecule has 2 heterocycles. The summed E-state index contributed by atoms with van der Waals surface area (Å²) >= 11 is 0. The number of nitrogens with one attached hydrogen (secondary N) is 1. The van der Waals surface area contributed by atoms with Crippen molar-refractivity contribution in [3.8, 4) is 0 Å². The quantitative estimate of drug-likeness (QED) is 0.846. The maximum Gasteiger partial charge on any atom is 0.150 e. The van der Waals surface area contributed by atoms with Crippen LogP contribution in [0.15, 0.2) is 0 Å². The van der Waals surface area contributed by atoms with E-state index in [1.54, 1.807) is 0 Å². The molecule has 2 rings (SSSR count).